The summed E-state index contributed by atoms with van der Waals surface area (Å²) in [4.78, 5) is 25.8. The van der Waals surface area contributed by atoms with Crippen LogP contribution in [0.1, 0.15) is 45.4 Å². The molecule has 0 bridgehead atoms. The van der Waals surface area contributed by atoms with Crippen LogP contribution < -0.4 is 5.32 Å². The molecule has 0 aromatic heterocycles. The van der Waals surface area contributed by atoms with Crippen LogP contribution in [0.2, 0.25) is 0 Å². The molecule has 0 radical (unpaired) electrons. The Morgan fingerprint density at radius 1 is 1.20 bits per heavy atom. The van der Waals surface area contributed by atoms with Gasteiger partial charge in [0.25, 0.3) is 0 Å². The van der Waals surface area contributed by atoms with Gasteiger partial charge in [0.1, 0.15) is 0 Å². The third-order valence-electron chi connectivity index (χ3n) is 4.21. The quantitative estimate of drug-likeness (QED) is 0.773. The standard InChI is InChI=1S/C15H26N2O3/c1-2-20-15(19)12-6-5-9-17(10-12)11-14(18)16-13-7-3-4-8-13/h12-13H,2-11H2,1H3,(H,16,18). The van der Waals surface area contributed by atoms with Crippen LogP contribution in [0.5, 0.6) is 0 Å². The van der Waals surface area contributed by atoms with Crippen LogP contribution in [0.4, 0.5) is 0 Å². The van der Waals surface area contributed by atoms with E-state index in [1.165, 1.54) is 12.8 Å². The van der Waals surface area contributed by atoms with Crippen LogP contribution in [0, 0.1) is 5.92 Å². The zero-order valence-corrected chi connectivity index (χ0v) is 12.4. The van der Waals surface area contributed by atoms with E-state index in [2.05, 4.69) is 10.2 Å². The average Bonchev–Trinajstić information content (AvgIpc) is 2.92. The summed E-state index contributed by atoms with van der Waals surface area (Å²) in [5.74, 6) is -0.0854. The van der Waals surface area contributed by atoms with E-state index in [1.54, 1.807) is 0 Å². The van der Waals surface area contributed by atoms with Crippen molar-refractivity contribution in [2.24, 2.45) is 5.92 Å². The molecule has 1 heterocycles. The summed E-state index contributed by atoms with van der Waals surface area (Å²) in [5.41, 5.74) is 0. The maximum absolute atomic E-state index is 12.0. The Hall–Kier alpha value is -1.10. The normalized spacial score (nSPS) is 24.6. The first-order chi connectivity index (χ1) is 9.69. The van der Waals surface area contributed by atoms with Crippen molar-refractivity contribution in [1.82, 2.24) is 10.2 Å². The number of esters is 1. The zero-order valence-electron chi connectivity index (χ0n) is 12.4. The summed E-state index contributed by atoms with van der Waals surface area (Å²) < 4.78 is 5.08. The van der Waals surface area contributed by atoms with Gasteiger partial charge in [-0.2, -0.15) is 0 Å². The highest BCUT2D eigenvalue weighted by molar-refractivity contribution is 5.78. The molecule has 5 nitrogen and oxygen atoms in total. The highest BCUT2D eigenvalue weighted by Crippen LogP contribution is 2.19. The second kappa shape index (κ2) is 7.62. The second-order valence-corrected chi connectivity index (χ2v) is 5.88. The lowest BCUT2D eigenvalue weighted by molar-refractivity contribution is -0.150. The zero-order chi connectivity index (χ0) is 14.4. The summed E-state index contributed by atoms with van der Waals surface area (Å²) in [6.07, 6.45) is 6.49. The first-order valence-electron chi connectivity index (χ1n) is 7.87. The number of piperidine rings is 1. The predicted molar refractivity (Wildman–Crippen MR) is 76.2 cm³/mol. The van der Waals surface area contributed by atoms with Gasteiger partial charge in [0.2, 0.25) is 5.91 Å². The summed E-state index contributed by atoms with van der Waals surface area (Å²) in [6.45, 7) is 4.21. The number of hydrogen-bond acceptors (Lipinski definition) is 4. The number of carbonyl (C=O) groups excluding carboxylic acids is 2. The fourth-order valence-corrected chi connectivity index (χ4v) is 3.20. The average molecular weight is 282 g/mol. The van der Waals surface area contributed by atoms with Crippen LogP contribution in [-0.2, 0) is 14.3 Å². The number of nitrogens with one attached hydrogen (secondary N) is 1. The van der Waals surface area contributed by atoms with Crippen molar-refractivity contribution in [3.63, 3.8) is 0 Å². The Kier molecular flexibility index (Phi) is 5.83. The molecule has 0 aromatic carbocycles. The van der Waals surface area contributed by atoms with Crippen molar-refractivity contribution >= 4 is 11.9 Å². The highest BCUT2D eigenvalue weighted by Gasteiger charge is 2.28. The number of hydrogen-bond donors (Lipinski definition) is 1. The van der Waals surface area contributed by atoms with Gasteiger partial charge in [-0.15, -0.1) is 0 Å². The van der Waals surface area contributed by atoms with E-state index in [-0.39, 0.29) is 17.8 Å². The maximum Gasteiger partial charge on any atom is 0.310 e. The SMILES string of the molecule is CCOC(=O)C1CCCN(CC(=O)NC2CCCC2)C1. The Balaban J connectivity index is 1.74. The third kappa shape index (κ3) is 4.47. The Labute approximate surface area is 121 Å². The molecule has 0 aromatic rings. The van der Waals surface area contributed by atoms with Gasteiger partial charge >= 0.3 is 5.97 Å². The summed E-state index contributed by atoms with van der Waals surface area (Å²) in [7, 11) is 0. The number of amides is 1. The minimum absolute atomic E-state index is 0.0667. The van der Waals surface area contributed by atoms with Crippen molar-refractivity contribution in [2.45, 2.75) is 51.5 Å². The van der Waals surface area contributed by atoms with Crippen molar-refractivity contribution < 1.29 is 14.3 Å². The molecule has 1 saturated heterocycles. The molecule has 1 N–H and O–H groups in total. The van der Waals surface area contributed by atoms with E-state index < -0.39 is 0 Å². The van der Waals surface area contributed by atoms with Gasteiger partial charge in [0, 0.05) is 12.6 Å². The molecule has 1 aliphatic heterocycles. The van der Waals surface area contributed by atoms with E-state index in [0.717, 1.165) is 32.2 Å². The molecule has 1 unspecified atom stereocenters. The largest absolute Gasteiger partial charge is 0.466 e. The molecular weight excluding hydrogens is 256 g/mol. The van der Waals surface area contributed by atoms with Crippen molar-refractivity contribution in [3.8, 4) is 0 Å². The van der Waals surface area contributed by atoms with Crippen LogP contribution in [0.3, 0.4) is 0 Å². The first kappa shape index (κ1) is 15.3. The van der Waals surface area contributed by atoms with Crippen LogP contribution in [0.25, 0.3) is 0 Å². The lowest BCUT2D eigenvalue weighted by Crippen LogP contribution is -2.46. The van der Waals surface area contributed by atoms with E-state index in [4.69, 9.17) is 4.74 Å². The second-order valence-electron chi connectivity index (χ2n) is 5.88. The van der Waals surface area contributed by atoms with Gasteiger partial charge in [0.15, 0.2) is 0 Å². The lowest BCUT2D eigenvalue weighted by atomic mass is 9.98. The molecule has 0 spiro atoms. The number of nitrogens with zero attached hydrogens (tertiary/aromatic N) is 1. The number of rotatable bonds is 5. The van der Waals surface area contributed by atoms with Gasteiger partial charge in [-0.3, -0.25) is 14.5 Å². The number of carbonyl (C=O) groups is 2. The molecule has 1 saturated carbocycles. The molecule has 2 aliphatic rings. The summed E-state index contributed by atoms with van der Waals surface area (Å²) >= 11 is 0. The fraction of sp³-hybridized carbons (Fsp3) is 0.867. The topological polar surface area (TPSA) is 58.6 Å². The van der Waals surface area contributed by atoms with Gasteiger partial charge < -0.3 is 10.1 Å². The van der Waals surface area contributed by atoms with E-state index in [1.807, 2.05) is 6.92 Å². The van der Waals surface area contributed by atoms with E-state index in [0.29, 0.717) is 25.7 Å². The Bertz CT molecular complexity index is 340. The van der Waals surface area contributed by atoms with Crippen molar-refractivity contribution in [3.05, 3.63) is 0 Å². The molecule has 1 amide bonds. The molecule has 20 heavy (non-hydrogen) atoms. The highest BCUT2D eigenvalue weighted by atomic mass is 16.5. The fourth-order valence-electron chi connectivity index (χ4n) is 3.20. The van der Waals surface area contributed by atoms with E-state index in [9.17, 15) is 9.59 Å². The van der Waals surface area contributed by atoms with Crippen molar-refractivity contribution in [1.29, 1.82) is 0 Å². The molecule has 2 rings (SSSR count). The third-order valence-corrected chi connectivity index (χ3v) is 4.21. The van der Waals surface area contributed by atoms with Gasteiger partial charge in [-0.1, -0.05) is 12.8 Å². The van der Waals surface area contributed by atoms with Crippen LogP contribution in [0.15, 0.2) is 0 Å². The Morgan fingerprint density at radius 2 is 1.95 bits per heavy atom. The van der Waals surface area contributed by atoms with Gasteiger partial charge in [0.05, 0.1) is 19.1 Å². The van der Waals surface area contributed by atoms with Gasteiger partial charge in [-0.05, 0) is 39.2 Å². The minimum Gasteiger partial charge on any atom is -0.466 e. The number of ether oxygens (including phenoxy) is 1. The molecule has 114 valence electrons. The molecule has 2 fully saturated rings. The smallest absolute Gasteiger partial charge is 0.310 e. The van der Waals surface area contributed by atoms with E-state index >= 15 is 0 Å². The minimum atomic E-state index is -0.117. The first-order valence-corrected chi connectivity index (χ1v) is 7.87. The predicted octanol–water partition coefficient (Wildman–Crippen LogP) is 1.32. The van der Waals surface area contributed by atoms with Crippen LogP contribution in [-0.4, -0.2) is 49.1 Å². The molecular formula is C15H26N2O3. The maximum atomic E-state index is 12.0. The lowest BCUT2D eigenvalue weighted by Gasteiger charge is -2.31. The van der Waals surface area contributed by atoms with Crippen LogP contribution >= 0.6 is 0 Å². The monoisotopic (exact) mass is 282 g/mol. The Morgan fingerprint density at radius 3 is 2.65 bits per heavy atom. The summed E-state index contributed by atoms with van der Waals surface area (Å²) in [5, 5.41) is 3.10. The molecule has 1 aliphatic carbocycles. The summed E-state index contributed by atoms with van der Waals surface area (Å²) in [6, 6.07) is 0.369. The molecule has 5 heteroatoms. The number of likely N-dealkylation sites (tertiary alicyclic amines) is 1. The van der Waals surface area contributed by atoms with Gasteiger partial charge in [-0.25, -0.2) is 0 Å². The van der Waals surface area contributed by atoms with Crippen molar-refractivity contribution in [2.75, 3.05) is 26.2 Å². The molecule has 1 atom stereocenters.